The normalized spacial score (nSPS) is 11.5. The van der Waals surface area contributed by atoms with Crippen molar-refractivity contribution in [1.29, 1.82) is 5.26 Å². The van der Waals surface area contributed by atoms with Crippen molar-refractivity contribution in [3.8, 4) is 23.3 Å². The molecule has 0 saturated heterocycles. The maximum atomic E-state index is 8.97. The lowest BCUT2D eigenvalue weighted by atomic mass is 10.1. The number of nitriles is 1. The van der Waals surface area contributed by atoms with Crippen LogP contribution in [0.25, 0.3) is 0 Å². The van der Waals surface area contributed by atoms with Crippen LogP contribution in [0.2, 0.25) is 0 Å². The Balaban J connectivity index is 2.23. The molecular weight excluding hydrogens is 252 g/mol. The highest BCUT2D eigenvalue weighted by Crippen LogP contribution is 2.27. The van der Waals surface area contributed by atoms with Gasteiger partial charge < -0.3 is 15.2 Å². The summed E-state index contributed by atoms with van der Waals surface area (Å²) in [5, 5.41) is 8.97. The van der Waals surface area contributed by atoms with E-state index in [1.54, 1.807) is 25.3 Å². The Kier molecular flexibility index (Phi) is 4.24. The first-order valence-corrected chi connectivity index (χ1v) is 6.25. The predicted octanol–water partition coefficient (Wildman–Crippen LogP) is 3.38. The van der Waals surface area contributed by atoms with Crippen LogP contribution in [-0.2, 0) is 0 Å². The van der Waals surface area contributed by atoms with E-state index in [1.165, 1.54) is 0 Å². The molecule has 1 unspecified atom stereocenters. The average Bonchev–Trinajstić information content (AvgIpc) is 2.47. The molecule has 0 radical (unpaired) electrons. The number of methoxy groups -OCH3 is 1. The van der Waals surface area contributed by atoms with Gasteiger partial charge in [-0.1, -0.05) is 12.1 Å². The molecule has 0 spiro atoms. The molecule has 0 fully saturated rings. The van der Waals surface area contributed by atoms with Gasteiger partial charge in [-0.3, -0.25) is 0 Å². The van der Waals surface area contributed by atoms with Gasteiger partial charge in [0.15, 0.2) is 0 Å². The van der Waals surface area contributed by atoms with Gasteiger partial charge in [-0.2, -0.15) is 5.26 Å². The minimum Gasteiger partial charge on any atom is -0.497 e. The Hall–Kier alpha value is -2.51. The fraction of sp³-hybridized carbons (Fsp3) is 0.188. The lowest BCUT2D eigenvalue weighted by Crippen LogP contribution is -2.04. The van der Waals surface area contributed by atoms with Crippen molar-refractivity contribution in [2.45, 2.75) is 13.0 Å². The summed E-state index contributed by atoms with van der Waals surface area (Å²) in [7, 11) is 1.55. The number of hydrogen-bond acceptors (Lipinski definition) is 4. The molecule has 102 valence electrons. The molecule has 0 aliphatic heterocycles. The molecular formula is C16H16N2O2. The minimum atomic E-state index is -0.00828. The molecule has 4 nitrogen and oxygen atoms in total. The lowest BCUT2D eigenvalue weighted by Gasteiger charge is -2.10. The van der Waals surface area contributed by atoms with Crippen molar-refractivity contribution in [3.05, 3.63) is 53.6 Å². The van der Waals surface area contributed by atoms with Crippen LogP contribution in [0.15, 0.2) is 42.5 Å². The third kappa shape index (κ3) is 3.28. The van der Waals surface area contributed by atoms with Gasteiger partial charge in [-0.25, -0.2) is 0 Å². The van der Waals surface area contributed by atoms with Crippen molar-refractivity contribution >= 4 is 0 Å². The molecule has 0 heterocycles. The van der Waals surface area contributed by atoms with E-state index in [4.69, 9.17) is 20.5 Å². The van der Waals surface area contributed by atoms with Crippen molar-refractivity contribution < 1.29 is 9.47 Å². The van der Waals surface area contributed by atoms with E-state index in [0.717, 1.165) is 5.56 Å². The zero-order chi connectivity index (χ0) is 14.5. The second-order valence-electron chi connectivity index (χ2n) is 4.47. The number of ether oxygens (including phenoxy) is 2. The van der Waals surface area contributed by atoms with Gasteiger partial charge in [0.1, 0.15) is 17.2 Å². The number of benzene rings is 2. The largest absolute Gasteiger partial charge is 0.497 e. The standard InChI is InChI=1S/C16H16N2O2/c1-11(18)13-3-5-14(6-4-13)20-16-8-12(10-17)7-15(9-16)19-2/h3-9,11H,18H2,1-2H3. The summed E-state index contributed by atoms with van der Waals surface area (Å²) in [5.74, 6) is 1.84. The second-order valence-corrected chi connectivity index (χ2v) is 4.47. The zero-order valence-corrected chi connectivity index (χ0v) is 11.5. The molecule has 0 bridgehead atoms. The number of hydrogen-bond donors (Lipinski definition) is 1. The van der Waals surface area contributed by atoms with Gasteiger partial charge >= 0.3 is 0 Å². The van der Waals surface area contributed by atoms with Crippen LogP contribution in [-0.4, -0.2) is 7.11 Å². The van der Waals surface area contributed by atoms with Gasteiger partial charge in [0.2, 0.25) is 0 Å². The van der Waals surface area contributed by atoms with Crippen LogP contribution in [0.5, 0.6) is 17.2 Å². The van der Waals surface area contributed by atoms with Crippen LogP contribution >= 0.6 is 0 Å². The maximum absolute atomic E-state index is 8.97. The third-order valence-corrected chi connectivity index (χ3v) is 2.89. The molecule has 2 rings (SSSR count). The molecule has 2 aromatic rings. The van der Waals surface area contributed by atoms with E-state index in [-0.39, 0.29) is 6.04 Å². The topological polar surface area (TPSA) is 68.3 Å². The van der Waals surface area contributed by atoms with E-state index < -0.39 is 0 Å². The molecule has 0 aliphatic carbocycles. The number of nitrogens with zero attached hydrogens (tertiary/aromatic N) is 1. The summed E-state index contributed by atoms with van der Waals surface area (Å²) < 4.78 is 10.9. The summed E-state index contributed by atoms with van der Waals surface area (Å²) in [4.78, 5) is 0. The third-order valence-electron chi connectivity index (χ3n) is 2.89. The Morgan fingerprint density at radius 1 is 1.05 bits per heavy atom. The molecule has 2 N–H and O–H groups in total. The van der Waals surface area contributed by atoms with Crippen LogP contribution in [0.1, 0.15) is 24.1 Å². The molecule has 4 heteroatoms. The van der Waals surface area contributed by atoms with Crippen LogP contribution in [0.4, 0.5) is 0 Å². The molecule has 20 heavy (non-hydrogen) atoms. The Bertz CT molecular complexity index is 628. The smallest absolute Gasteiger partial charge is 0.132 e. The summed E-state index contributed by atoms with van der Waals surface area (Å²) in [6, 6.07) is 14.7. The molecule has 0 saturated carbocycles. The van der Waals surface area contributed by atoms with Crippen molar-refractivity contribution in [2.75, 3.05) is 7.11 Å². The van der Waals surface area contributed by atoms with Gasteiger partial charge in [-0.05, 0) is 36.8 Å². The van der Waals surface area contributed by atoms with Crippen LogP contribution in [0, 0.1) is 11.3 Å². The van der Waals surface area contributed by atoms with Gasteiger partial charge in [0.05, 0.1) is 18.7 Å². The quantitative estimate of drug-likeness (QED) is 0.923. The van der Waals surface area contributed by atoms with Gasteiger partial charge in [0, 0.05) is 12.1 Å². The van der Waals surface area contributed by atoms with Crippen LogP contribution < -0.4 is 15.2 Å². The van der Waals surface area contributed by atoms with Crippen LogP contribution in [0.3, 0.4) is 0 Å². The number of rotatable bonds is 4. The summed E-state index contributed by atoms with van der Waals surface area (Å²) in [5.41, 5.74) is 7.33. The molecule has 0 aliphatic rings. The fourth-order valence-electron chi connectivity index (χ4n) is 1.79. The molecule has 2 aromatic carbocycles. The van der Waals surface area contributed by atoms with Gasteiger partial charge in [-0.15, -0.1) is 0 Å². The van der Waals surface area contributed by atoms with E-state index >= 15 is 0 Å². The Morgan fingerprint density at radius 3 is 2.25 bits per heavy atom. The monoisotopic (exact) mass is 268 g/mol. The van der Waals surface area contributed by atoms with Crippen molar-refractivity contribution in [1.82, 2.24) is 0 Å². The molecule has 0 aromatic heterocycles. The second kappa shape index (κ2) is 6.09. The zero-order valence-electron chi connectivity index (χ0n) is 11.5. The summed E-state index contributed by atoms with van der Waals surface area (Å²) >= 11 is 0. The first-order valence-electron chi connectivity index (χ1n) is 6.25. The van der Waals surface area contributed by atoms with Crippen molar-refractivity contribution in [3.63, 3.8) is 0 Å². The fourth-order valence-corrected chi connectivity index (χ4v) is 1.79. The van der Waals surface area contributed by atoms with E-state index in [1.807, 2.05) is 31.2 Å². The highest BCUT2D eigenvalue weighted by Gasteiger charge is 2.04. The van der Waals surface area contributed by atoms with E-state index in [2.05, 4.69) is 6.07 Å². The molecule has 1 atom stereocenters. The SMILES string of the molecule is COc1cc(C#N)cc(Oc2ccc(C(C)N)cc2)c1. The summed E-state index contributed by atoms with van der Waals surface area (Å²) in [6.45, 7) is 1.93. The minimum absolute atomic E-state index is 0.00828. The average molecular weight is 268 g/mol. The maximum Gasteiger partial charge on any atom is 0.132 e. The predicted molar refractivity (Wildman–Crippen MR) is 76.8 cm³/mol. The Labute approximate surface area is 118 Å². The summed E-state index contributed by atoms with van der Waals surface area (Å²) in [6.07, 6.45) is 0. The van der Waals surface area contributed by atoms with Crippen molar-refractivity contribution in [2.24, 2.45) is 5.73 Å². The highest BCUT2D eigenvalue weighted by molar-refractivity contribution is 5.45. The first-order chi connectivity index (χ1) is 9.62. The number of nitrogens with two attached hydrogens (primary N) is 1. The molecule has 0 amide bonds. The van der Waals surface area contributed by atoms with E-state index in [9.17, 15) is 0 Å². The first kappa shape index (κ1) is 13.9. The Morgan fingerprint density at radius 2 is 1.70 bits per heavy atom. The lowest BCUT2D eigenvalue weighted by molar-refractivity contribution is 0.409. The van der Waals surface area contributed by atoms with Gasteiger partial charge in [0.25, 0.3) is 0 Å². The van der Waals surface area contributed by atoms with E-state index in [0.29, 0.717) is 22.8 Å². The highest BCUT2D eigenvalue weighted by atomic mass is 16.5.